The fourth-order valence-corrected chi connectivity index (χ4v) is 5.76. The smallest absolute Gasteiger partial charge is 0.310 e. The molecule has 4 heterocycles. The van der Waals surface area contributed by atoms with Crippen LogP contribution in [-0.2, 0) is 24.3 Å². The van der Waals surface area contributed by atoms with Gasteiger partial charge in [-0.3, -0.25) is 19.1 Å². The van der Waals surface area contributed by atoms with E-state index >= 15 is 0 Å². The van der Waals surface area contributed by atoms with E-state index in [1.54, 1.807) is 0 Å². The molecule has 4 aliphatic heterocycles. The molecule has 4 atom stereocenters. The number of fused-ring (bicyclic) bond motifs is 2. The van der Waals surface area contributed by atoms with E-state index in [-0.39, 0.29) is 12.6 Å². The van der Waals surface area contributed by atoms with Crippen molar-refractivity contribution in [2.24, 2.45) is 0 Å². The number of nitrogens with zero attached hydrogens (tertiary/aromatic N) is 3. The Morgan fingerprint density at radius 2 is 2.17 bits per heavy atom. The van der Waals surface area contributed by atoms with Gasteiger partial charge < -0.3 is 10.2 Å². The highest BCUT2D eigenvalue weighted by Crippen LogP contribution is 2.30. The summed E-state index contributed by atoms with van der Waals surface area (Å²) in [5.74, 6) is 1.76. The van der Waals surface area contributed by atoms with Crippen molar-refractivity contribution < 1.29 is 31.7 Å². The van der Waals surface area contributed by atoms with Crippen molar-refractivity contribution in [2.75, 3.05) is 37.9 Å². The molecule has 14 heteroatoms. The number of amides is 3. The first-order valence-electron chi connectivity index (χ1n) is 9.55. The lowest BCUT2D eigenvalue weighted by molar-refractivity contribution is -0.139. The second kappa shape index (κ2) is 8.53. The average molecular weight is 452 g/mol. The van der Waals surface area contributed by atoms with Gasteiger partial charge in [-0.15, -0.1) is 16.0 Å². The van der Waals surface area contributed by atoms with E-state index in [2.05, 4.69) is 20.0 Å². The summed E-state index contributed by atoms with van der Waals surface area (Å²) in [5, 5.41) is 4.02. The lowest BCUT2D eigenvalue weighted by atomic mass is 10.0. The Hall–Kier alpha value is -1.16. The predicted octanol–water partition coefficient (Wildman–Crippen LogP) is -1.23. The number of nitrogens with one attached hydrogen (secondary N) is 2. The number of hydrogen-bond acceptors (Lipinski definition) is 9. The number of thioether (sulfide) groups is 1. The van der Waals surface area contributed by atoms with E-state index in [9.17, 15) is 18.0 Å². The van der Waals surface area contributed by atoms with Crippen molar-refractivity contribution >= 4 is 34.1 Å². The summed E-state index contributed by atoms with van der Waals surface area (Å²) in [5.41, 5.74) is 2.41. The molecule has 4 rings (SSSR count). The molecule has 0 aromatic rings. The molecule has 4 fully saturated rings. The van der Waals surface area contributed by atoms with Gasteiger partial charge in [-0.2, -0.15) is 13.5 Å². The minimum Gasteiger partial charge on any atom is -0.310 e. The van der Waals surface area contributed by atoms with Gasteiger partial charge in [0.15, 0.2) is 0 Å². The second-order valence-corrected chi connectivity index (χ2v) is 9.71. The third-order valence-corrected chi connectivity index (χ3v) is 7.09. The van der Waals surface area contributed by atoms with Crippen LogP contribution >= 0.6 is 11.8 Å². The van der Waals surface area contributed by atoms with Crippen LogP contribution in [0.2, 0.25) is 0 Å². The zero-order valence-electron chi connectivity index (χ0n) is 15.7. The van der Waals surface area contributed by atoms with Gasteiger partial charge >= 0.3 is 16.4 Å². The minimum absolute atomic E-state index is 0.145. The molecule has 4 aliphatic rings. The lowest BCUT2D eigenvalue weighted by Gasteiger charge is -2.29. The van der Waals surface area contributed by atoms with Gasteiger partial charge in [-0.1, -0.05) is 0 Å². The van der Waals surface area contributed by atoms with Gasteiger partial charge in [0.1, 0.15) is 6.04 Å². The van der Waals surface area contributed by atoms with Crippen LogP contribution in [0.3, 0.4) is 0 Å². The molecular weight excluding hydrogens is 426 g/mol. The maximum absolute atomic E-state index is 12.5. The number of hydroxylamine groups is 3. The van der Waals surface area contributed by atoms with E-state index in [0.717, 1.165) is 31.1 Å². The summed E-state index contributed by atoms with van der Waals surface area (Å²) >= 11 is 1.93. The van der Waals surface area contributed by atoms with Crippen LogP contribution in [0.1, 0.15) is 19.3 Å². The van der Waals surface area contributed by atoms with Gasteiger partial charge in [-0.05, 0) is 19.3 Å². The van der Waals surface area contributed by atoms with Crippen molar-refractivity contribution in [2.45, 2.75) is 43.4 Å². The summed E-state index contributed by atoms with van der Waals surface area (Å²) < 4.78 is 35.0. The molecule has 0 spiro atoms. The summed E-state index contributed by atoms with van der Waals surface area (Å²) in [6.07, 6.45) is 1.66. The van der Waals surface area contributed by atoms with Crippen LogP contribution in [0.15, 0.2) is 0 Å². The Morgan fingerprint density at radius 1 is 1.34 bits per heavy atom. The van der Waals surface area contributed by atoms with E-state index in [0.29, 0.717) is 30.6 Å². The molecule has 3 amide bonds. The Kier molecular flexibility index (Phi) is 6.20. The molecule has 0 aromatic carbocycles. The molecule has 3 N–H and O–H groups in total. The Morgan fingerprint density at radius 3 is 2.90 bits per heavy atom. The SMILES string of the molecule is O=C(NOC[C@@H]1C[C@@H](N2CCSC2)CN1)C1CCC2CN1C(=O)N2OS(=O)(=O)O. The van der Waals surface area contributed by atoms with Crippen molar-refractivity contribution in [3.8, 4) is 0 Å². The fourth-order valence-electron chi connectivity index (χ4n) is 4.30. The quantitative estimate of drug-likeness (QED) is 0.318. The summed E-state index contributed by atoms with van der Waals surface area (Å²) in [7, 11) is -4.81. The van der Waals surface area contributed by atoms with Gasteiger partial charge in [0, 0.05) is 43.3 Å². The molecule has 0 aliphatic carbocycles. The second-order valence-electron chi connectivity index (χ2n) is 7.63. The average Bonchev–Trinajstić information content (AvgIpc) is 3.39. The molecule has 0 aromatic heterocycles. The number of carbonyl (C=O) groups is 2. The summed E-state index contributed by atoms with van der Waals surface area (Å²) in [4.78, 5) is 33.9. The highest BCUT2D eigenvalue weighted by atomic mass is 32.3. The molecule has 0 radical (unpaired) electrons. The number of piperidine rings is 1. The van der Waals surface area contributed by atoms with E-state index in [1.807, 2.05) is 11.8 Å². The number of hydrogen-bond donors (Lipinski definition) is 3. The standard InChI is InChI=1S/C15H25N5O7S2/c21-14(17-26-8-10-5-12(6-16-10)18-3-4-28-9-18)13-2-1-11-7-19(13)15(22)20(11)27-29(23,24)25/h10-13,16H,1-9H2,(H,17,21)(H,23,24,25)/t10-,11?,12+,13?/m0/s1. The molecule has 2 bridgehead atoms. The van der Waals surface area contributed by atoms with Crippen LogP contribution in [0.5, 0.6) is 0 Å². The molecule has 0 saturated carbocycles. The first-order chi connectivity index (χ1) is 13.8. The molecule has 164 valence electrons. The molecule has 2 unspecified atom stereocenters. The first kappa shape index (κ1) is 21.1. The number of rotatable bonds is 7. The highest BCUT2D eigenvalue weighted by Gasteiger charge is 2.49. The van der Waals surface area contributed by atoms with Crippen molar-refractivity contribution in [1.82, 2.24) is 25.7 Å². The van der Waals surface area contributed by atoms with Gasteiger partial charge in [0.25, 0.3) is 5.91 Å². The normalized spacial score (nSPS) is 32.9. The van der Waals surface area contributed by atoms with Crippen molar-refractivity contribution in [3.63, 3.8) is 0 Å². The topological polar surface area (TPSA) is 141 Å². The minimum atomic E-state index is -4.81. The van der Waals surface area contributed by atoms with Crippen LogP contribution < -0.4 is 10.8 Å². The van der Waals surface area contributed by atoms with E-state index < -0.39 is 34.4 Å². The van der Waals surface area contributed by atoms with Crippen LogP contribution in [0.25, 0.3) is 0 Å². The van der Waals surface area contributed by atoms with E-state index in [4.69, 9.17) is 9.39 Å². The zero-order valence-corrected chi connectivity index (χ0v) is 17.4. The highest BCUT2D eigenvalue weighted by molar-refractivity contribution is 7.99. The van der Waals surface area contributed by atoms with Gasteiger partial charge in [0.05, 0.1) is 12.6 Å². The summed E-state index contributed by atoms with van der Waals surface area (Å²) in [6.45, 7) is 2.47. The van der Waals surface area contributed by atoms with E-state index in [1.165, 1.54) is 4.90 Å². The van der Waals surface area contributed by atoms with Crippen LogP contribution in [0, 0.1) is 0 Å². The third-order valence-electron chi connectivity index (χ3n) is 5.75. The third kappa shape index (κ3) is 4.78. The van der Waals surface area contributed by atoms with Crippen LogP contribution in [-0.4, -0.2) is 102 Å². The first-order valence-corrected chi connectivity index (χ1v) is 12.1. The number of urea groups is 1. The molecular formula is C15H25N5O7S2. The molecule has 29 heavy (non-hydrogen) atoms. The Labute approximate surface area is 173 Å². The maximum atomic E-state index is 12.5. The maximum Gasteiger partial charge on any atom is 0.418 e. The van der Waals surface area contributed by atoms with Crippen LogP contribution in [0.4, 0.5) is 4.79 Å². The molecule has 12 nitrogen and oxygen atoms in total. The largest absolute Gasteiger partial charge is 0.418 e. The monoisotopic (exact) mass is 451 g/mol. The van der Waals surface area contributed by atoms with Gasteiger partial charge in [-0.25, -0.2) is 10.3 Å². The predicted molar refractivity (Wildman–Crippen MR) is 102 cm³/mol. The number of carbonyl (C=O) groups excluding carboxylic acids is 2. The van der Waals surface area contributed by atoms with Gasteiger partial charge in [0.2, 0.25) is 0 Å². The summed E-state index contributed by atoms with van der Waals surface area (Å²) in [6, 6.07) is -1.44. The Bertz CT molecular complexity index is 747. The lowest BCUT2D eigenvalue weighted by Crippen LogP contribution is -2.50. The van der Waals surface area contributed by atoms with Crippen molar-refractivity contribution in [3.05, 3.63) is 0 Å². The fraction of sp³-hybridized carbons (Fsp3) is 0.867. The van der Waals surface area contributed by atoms with Crippen molar-refractivity contribution in [1.29, 1.82) is 0 Å². The zero-order chi connectivity index (χ0) is 20.6. The Balaban J connectivity index is 1.23. The molecule has 4 saturated heterocycles.